The number of hydrogen-bond acceptors (Lipinski definition) is 2. The molecule has 0 heterocycles. The normalized spacial score (nSPS) is 12.6. The highest BCUT2D eigenvalue weighted by Crippen LogP contribution is 2.22. The highest BCUT2D eigenvalue weighted by Gasteiger charge is 2.13. The highest BCUT2D eigenvalue weighted by molar-refractivity contribution is 5.30. The summed E-state index contributed by atoms with van der Waals surface area (Å²) in [6.45, 7) is 0.796. The monoisotopic (exact) mass is 220 g/mol. The lowest BCUT2D eigenvalue weighted by atomic mass is 10.2. The fourth-order valence-electron chi connectivity index (χ4n) is 1.03. The van der Waals surface area contributed by atoms with Crippen LogP contribution in [-0.4, -0.2) is 11.5 Å². The number of benzene rings is 1. The first kappa shape index (κ1) is 11.8. The number of aliphatic hydroxyl groups is 1. The summed E-state index contributed by atoms with van der Waals surface area (Å²) >= 11 is 0. The van der Waals surface area contributed by atoms with Crippen LogP contribution in [0.3, 0.4) is 0 Å². The molecule has 0 saturated heterocycles. The van der Waals surface area contributed by atoms with Gasteiger partial charge >= 0.3 is 0 Å². The third-order valence-electron chi connectivity index (χ3n) is 1.86. The zero-order valence-electron chi connectivity index (χ0n) is 8.14. The first-order valence-corrected chi connectivity index (χ1v) is 4.48. The van der Waals surface area contributed by atoms with Gasteiger partial charge in [0, 0.05) is 24.1 Å². The molecule has 1 N–H and O–H groups in total. The number of ether oxygens (including phenoxy) is 1. The largest absolute Gasteiger partial charge is 0.460 e. The van der Waals surface area contributed by atoms with Crippen LogP contribution >= 0.6 is 0 Å². The van der Waals surface area contributed by atoms with Gasteiger partial charge in [0.2, 0.25) is 6.36 Å². The number of aliphatic hydroxyl groups excluding tert-OH is 1. The smallest absolute Gasteiger partial charge is 0.238 e. The van der Waals surface area contributed by atoms with E-state index in [0.717, 1.165) is 12.1 Å². The fourth-order valence-corrected chi connectivity index (χ4v) is 1.03. The van der Waals surface area contributed by atoms with Gasteiger partial charge in [-0.15, -0.1) is 0 Å². The van der Waals surface area contributed by atoms with E-state index in [0.29, 0.717) is 0 Å². The van der Waals surface area contributed by atoms with Crippen molar-refractivity contribution in [3.8, 4) is 5.75 Å². The average Bonchev–Trinajstić information content (AvgIpc) is 2.17. The van der Waals surface area contributed by atoms with Crippen molar-refractivity contribution in [3.63, 3.8) is 0 Å². The Labute approximate surface area is 85.3 Å². The lowest BCUT2D eigenvalue weighted by Crippen LogP contribution is -2.09. The van der Waals surface area contributed by atoms with Gasteiger partial charge in [-0.3, -0.25) is 0 Å². The van der Waals surface area contributed by atoms with Crippen LogP contribution in [0.4, 0.5) is 13.2 Å². The SMILES string of the molecule is CCC(F)Oc1cc(F)c(CO)c(F)c1. The van der Waals surface area contributed by atoms with E-state index < -0.39 is 30.2 Å². The Kier molecular flexibility index (Phi) is 3.96. The van der Waals surface area contributed by atoms with E-state index in [9.17, 15) is 13.2 Å². The molecule has 84 valence electrons. The van der Waals surface area contributed by atoms with E-state index in [2.05, 4.69) is 4.74 Å². The third-order valence-corrected chi connectivity index (χ3v) is 1.86. The van der Waals surface area contributed by atoms with Crippen molar-refractivity contribution in [2.24, 2.45) is 0 Å². The lowest BCUT2D eigenvalue weighted by Gasteiger charge is -2.10. The van der Waals surface area contributed by atoms with Gasteiger partial charge < -0.3 is 9.84 Å². The summed E-state index contributed by atoms with van der Waals surface area (Å²) in [6, 6.07) is 1.69. The van der Waals surface area contributed by atoms with Gasteiger partial charge in [0.25, 0.3) is 0 Å². The van der Waals surface area contributed by atoms with Crippen LogP contribution in [0.2, 0.25) is 0 Å². The summed E-state index contributed by atoms with van der Waals surface area (Å²) in [7, 11) is 0. The average molecular weight is 220 g/mol. The van der Waals surface area contributed by atoms with Gasteiger partial charge in [0.1, 0.15) is 17.4 Å². The minimum atomic E-state index is -1.59. The molecule has 1 atom stereocenters. The Balaban J connectivity index is 2.93. The van der Waals surface area contributed by atoms with Crippen molar-refractivity contribution in [2.75, 3.05) is 0 Å². The first-order valence-electron chi connectivity index (χ1n) is 4.48. The number of alkyl halides is 1. The van der Waals surface area contributed by atoms with Crippen molar-refractivity contribution in [2.45, 2.75) is 26.3 Å². The Hall–Kier alpha value is -1.23. The van der Waals surface area contributed by atoms with E-state index in [1.165, 1.54) is 0 Å². The van der Waals surface area contributed by atoms with Gasteiger partial charge in [-0.1, -0.05) is 6.92 Å². The maximum absolute atomic E-state index is 13.1. The molecule has 15 heavy (non-hydrogen) atoms. The molecule has 0 aromatic heterocycles. The summed E-state index contributed by atoms with van der Waals surface area (Å²) in [4.78, 5) is 0. The van der Waals surface area contributed by atoms with Crippen LogP contribution in [0.15, 0.2) is 12.1 Å². The topological polar surface area (TPSA) is 29.5 Å². The Morgan fingerprint density at radius 2 is 1.87 bits per heavy atom. The third kappa shape index (κ3) is 2.86. The van der Waals surface area contributed by atoms with Gasteiger partial charge in [-0.05, 0) is 0 Å². The standard InChI is InChI=1S/C10H11F3O2/c1-2-10(13)15-6-3-8(11)7(5-14)9(12)4-6/h3-4,10,14H,2,5H2,1H3. The van der Waals surface area contributed by atoms with Crippen molar-refractivity contribution in [3.05, 3.63) is 29.3 Å². The van der Waals surface area contributed by atoms with Crippen molar-refractivity contribution in [1.29, 1.82) is 0 Å². The summed E-state index contributed by atoms with van der Waals surface area (Å²) < 4.78 is 43.5. The van der Waals surface area contributed by atoms with Crippen molar-refractivity contribution < 1.29 is 23.0 Å². The van der Waals surface area contributed by atoms with Crippen LogP contribution < -0.4 is 4.74 Å². The van der Waals surface area contributed by atoms with E-state index >= 15 is 0 Å². The quantitative estimate of drug-likeness (QED) is 0.844. The summed E-state index contributed by atoms with van der Waals surface area (Å²) in [5, 5.41) is 8.62. The molecule has 0 spiro atoms. The van der Waals surface area contributed by atoms with E-state index in [-0.39, 0.29) is 12.2 Å². The minimum absolute atomic E-state index is 0.0883. The summed E-state index contributed by atoms with van der Waals surface area (Å²) in [5.74, 6) is -2.12. The minimum Gasteiger partial charge on any atom is -0.460 e. The Morgan fingerprint density at radius 1 is 1.33 bits per heavy atom. The predicted molar refractivity (Wildman–Crippen MR) is 48.1 cm³/mol. The van der Waals surface area contributed by atoms with Crippen LogP contribution in [0.25, 0.3) is 0 Å². The Bertz CT molecular complexity index is 318. The first-order chi connectivity index (χ1) is 7.08. The molecular weight excluding hydrogens is 209 g/mol. The second-order valence-electron chi connectivity index (χ2n) is 2.96. The lowest BCUT2D eigenvalue weighted by molar-refractivity contribution is 0.0634. The molecule has 0 aliphatic rings. The molecule has 0 aliphatic carbocycles. The van der Waals surface area contributed by atoms with Crippen LogP contribution in [0, 0.1) is 11.6 Å². The Morgan fingerprint density at radius 3 is 2.27 bits per heavy atom. The maximum Gasteiger partial charge on any atom is 0.238 e. The molecule has 0 fully saturated rings. The van der Waals surface area contributed by atoms with Crippen molar-refractivity contribution >= 4 is 0 Å². The van der Waals surface area contributed by atoms with Gasteiger partial charge in [-0.25, -0.2) is 13.2 Å². The number of halogens is 3. The van der Waals surface area contributed by atoms with E-state index in [1.54, 1.807) is 6.92 Å². The van der Waals surface area contributed by atoms with Crippen LogP contribution in [0.5, 0.6) is 5.75 Å². The van der Waals surface area contributed by atoms with Gasteiger partial charge in [0.05, 0.1) is 6.61 Å². The van der Waals surface area contributed by atoms with Crippen LogP contribution in [0.1, 0.15) is 18.9 Å². The second kappa shape index (κ2) is 5.02. The molecular formula is C10H11F3O2. The zero-order chi connectivity index (χ0) is 11.4. The van der Waals surface area contributed by atoms with Crippen molar-refractivity contribution in [1.82, 2.24) is 0 Å². The summed E-state index contributed by atoms with van der Waals surface area (Å²) in [5.41, 5.74) is -0.450. The maximum atomic E-state index is 13.1. The van der Waals surface area contributed by atoms with Gasteiger partial charge in [0.15, 0.2) is 0 Å². The van der Waals surface area contributed by atoms with Crippen LogP contribution in [-0.2, 0) is 6.61 Å². The molecule has 5 heteroatoms. The molecule has 0 bridgehead atoms. The fraction of sp³-hybridized carbons (Fsp3) is 0.400. The second-order valence-corrected chi connectivity index (χ2v) is 2.96. The molecule has 1 unspecified atom stereocenters. The van der Waals surface area contributed by atoms with E-state index in [4.69, 9.17) is 5.11 Å². The molecule has 0 amide bonds. The molecule has 0 aliphatic heterocycles. The molecule has 1 aromatic carbocycles. The molecule has 0 saturated carbocycles. The molecule has 1 aromatic rings. The zero-order valence-corrected chi connectivity index (χ0v) is 8.14. The van der Waals surface area contributed by atoms with E-state index in [1.807, 2.05) is 0 Å². The molecule has 0 radical (unpaired) electrons. The molecule has 2 nitrogen and oxygen atoms in total. The number of rotatable bonds is 4. The molecule has 1 rings (SSSR count). The highest BCUT2D eigenvalue weighted by atomic mass is 19.1. The predicted octanol–water partition coefficient (Wildman–Crippen LogP) is 2.54. The van der Waals surface area contributed by atoms with Gasteiger partial charge in [-0.2, -0.15) is 0 Å². The summed E-state index contributed by atoms with van der Waals surface area (Å²) in [6.07, 6.45) is -1.51. The number of hydrogen-bond donors (Lipinski definition) is 1.